The van der Waals surface area contributed by atoms with Gasteiger partial charge in [0.05, 0.1) is 12.2 Å². The van der Waals surface area contributed by atoms with Crippen molar-refractivity contribution in [3.63, 3.8) is 0 Å². The lowest BCUT2D eigenvalue weighted by molar-refractivity contribution is -0.253. The first kappa shape index (κ1) is 17.4. The van der Waals surface area contributed by atoms with E-state index in [1.807, 2.05) is 0 Å². The molecule has 4 N–H and O–H groups in total. The maximum Gasteiger partial charge on any atom is 0.338 e. The Hall–Kier alpha value is -2.00. The quantitative estimate of drug-likeness (QED) is 0.512. The standard InChI is InChI=1S/C15H19NO7/c1-8(18)16-11-13(12(19)10(7-17)22-15(11)21)23-14(20)9-5-3-2-4-6-9/h2-6,10-13,15,17,19,21H,7H2,1H3,(H,16,18)/t10-,11-,12+,13+,15-/m0/s1. The van der Waals surface area contributed by atoms with Crippen molar-refractivity contribution >= 4 is 11.9 Å². The van der Waals surface area contributed by atoms with Crippen LogP contribution in [0.5, 0.6) is 0 Å². The van der Waals surface area contributed by atoms with Gasteiger partial charge in [-0.2, -0.15) is 0 Å². The number of esters is 1. The molecule has 1 aliphatic rings. The molecule has 8 nitrogen and oxygen atoms in total. The lowest BCUT2D eigenvalue weighted by Crippen LogP contribution is -2.65. The summed E-state index contributed by atoms with van der Waals surface area (Å²) >= 11 is 0. The number of aliphatic hydroxyl groups excluding tert-OH is 3. The Bertz CT molecular complexity index is 550. The number of aliphatic hydroxyl groups is 3. The molecular weight excluding hydrogens is 306 g/mol. The number of carbonyl (C=O) groups excluding carboxylic acids is 2. The highest BCUT2D eigenvalue weighted by Crippen LogP contribution is 2.23. The summed E-state index contributed by atoms with van der Waals surface area (Å²) in [6, 6.07) is 6.92. The highest BCUT2D eigenvalue weighted by molar-refractivity contribution is 5.89. The minimum absolute atomic E-state index is 0.253. The summed E-state index contributed by atoms with van der Waals surface area (Å²) in [5.41, 5.74) is 0.253. The van der Waals surface area contributed by atoms with E-state index in [4.69, 9.17) is 9.47 Å². The van der Waals surface area contributed by atoms with Crippen molar-refractivity contribution in [2.45, 2.75) is 37.6 Å². The molecule has 0 aliphatic carbocycles. The maximum atomic E-state index is 12.2. The van der Waals surface area contributed by atoms with Gasteiger partial charge in [0.2, 0.25) is 5.91 Å². The van der Waals surface area contributed by atoms with Crippen molar-refractivity contribution in [1.82, 2.24) is 5.32 Å². The summed E-state index contributed by atoms with van der Waals surface area (Å²) in [4.78, 5) is 23.4. The van der Waals surface area contributed by atoms with E-state index in [9.17, 15) is 24.9 Å². The predicted octanol–water partition coefficient (Wildman–Crippen LogP) is -1.21. The first-order valence-electron chi connectivity index (χ1n) is 7.09. The van der Waals surface area contributed by atoms with Gasteiger partial charge in [0.25, 0.3) is 0 Å². The fraction of sp³-hybridized carbons (Fsp3) is 0.467. The summed E-state index contributed by atoms with van der Waals surface area (Å²) in [6.45, 7) is 0.637. The van der Waals surface area contributed by atoms with Crippen LogP contribution in [-0.2, 0) is 14.3 Å². The molecule has 0 saturated carbocycles. The van der Waals surface area contributed by atoms with E-state index < -0.39 is 49.1 Å². The van der Waals surface area contributed by atoms with Crippen molar-refractivity contribution in [2.75, 3.05) is 6.61 Å². The number of amides is 1. The van der Waals surface area contributed by atoms with E-state index in [0.717, 1.165) is 0 Å². The molecule has 0 unspecified atom stereocenters. The van der Waals surface area contributed by atoms with Gasteiger partial charge in [-0.25, -0.2) is 4.79 Å². The Labute approximate surface area is 132 Å². The molecule has 1 aromatic carbocycles. The van der Waals surface area contributed by atoms with Crippen molar-refractivity contribution in [3.8, 4) is 0 Å². The van der Waals surface area contributed by atoms with Crippen LogP contribution in [0.25, 0.3) is 0 Å². The first-order valence-corrected chi connectivity index (χ1v) is 7.09. The molecule has 2 rings (SSSR count). The van der Waals surface area contributed by atoms with Crippen LogP contribution in [0.4, 0.5) is 0 Å². The van der Waals surface area contributed by atoms with E-state index in [1.54, 1.807) is 18.2 Å². The van der Waals surface area contributed by atoms with Gasteiger partial charge in [0.15, 0.2) is 12.4 Å². The Balaban J connectivity index is 2.21. The van der Waals surface area contributed by atoms with Crippen molar-refractivity contribution in [3.05, 3.63) is 35.9 Å². The number of rotatable bonds is 4. The van der Waals surface area contributed by atoms with E-state index in [2.05, 4.69) is 5.32 Å². The largest absolute Gasteiger partial charge is 0.453 e. The average molecular weight is 325 g/mol. The minimum atomic E-state index is -1.53. The molecule has 1 amide bonds. The zero-order valence-corrected chi connectivity index (χ0v) is 12.5. The van der Waals surface area contributed by atoms with Crippen LogP contribution in [-0.4, -0.2) is 64.4 Å². The summed E-state index contributed by atoms with van der Waals surface area (Å²) in [5, 5.41) is 31.7. The zero-order chi connectivity index (χ0) is 17.0. The number of ether oxygens (including phenoxy) is 2. The predicted molar refractivity (Wildman–Crippen MR) is 77.2 cm³/mol. The fourth-order valence-corrected chi connectivity index (χ4v) is 2.38. The van der Waals surface area contributed by atoms with Crippen LogP contribution in [0.15, 0.2) is 30.3 Å². The summed E-state index contributed by atoms with van der Waals surface area (Å²) in [6.07, 6.45) is -5.35. The summed E-state index contributed by atoms with van der Waals surface area (Å²) in [5.74, 6) is -1.22. The van der Waals surface area contributed by atoms with Gasteiger partial charge in [0.1, 0.15) is 18.2 Å². The molecule has 8 heteroatoms. The first-order chi connectivity index (χ1) is 10.9. The second kappa shape index (κ2) is 7.51. The maximum absolute atomic E-state index is 12.2. The number of hydrogen-bond donors (Lipinski definition) is 4. The van der Waals surface area contributed by atoms with Gasteiger partial charge in [-0.15, -0.1) is 0 Å². The minimum Gasteiger partial charge on any atom is -0.453 e. The van der Waals surface area contributed by atoms with Crippen LogP contribution < -0.4 is 5.32 Å². The molecule has 5 atom stereocenters. The lowest BCUT2D eigenvalue weighted by atomic mass is 9.96. The number of hydrogen-bond acceptors (Lipinski definition) is 7. The fourth-order valence-electron chi connectivity index (χ4n) is 2.38. The van der Waals surface area contributed by atoms with Crippen LogP contribution in [0.2, 0.25) is 0 Å². The molecule has 0 aromatic heterocycles. The van der Waals surface area contributed by atoms with E-state index in [0.29, 0.717) is 0 Å². The number of benzene rings is 1. The molecule has 1 aromatic rings. The van der Waals surface area contributed by atoms with Crippen LogP contribution in [0.1, 0.15) is 17.3 Å². The van der Waals surface area contributed by atoms with Gasteiger partial charge >= 0.3 is 5.97 Å². The molecular formula is C15H19NO7. The van der Waals surface area contributed by atoms with E-state index in [1.165, 1.54) is 19.1 Å². The molecule has 1 fully saturated rings. The Morgan fingerprint density at radius 1 is 1.26 bits per heavy atom. The number of nitrogens with one attached hydrogen (secondary N) is 1. The second-order valence-corrected chi connectivity index (χ2v) is 5.20. The number of carbonyl (C=O) groups is 2. The summed E-state index contributed by atoms with van der Waals surface area (Å²) in [7, 11) is 0. The molecule has 0 radical (unpaired) electrons. The lowest BCUT2D eigenvalue weighted by Gasteiger charge is -2.41. The third kappa shape index (κ3) is 4.05. The Kier molecular flexibility index (Phi) is 5.67. The Morgan fingerprint density at radius 3 is 2.48 bits per heavy atom. The van der Waals surface area contributed by atoms with Gasteiger partial charge in [0, 0.05) is 6.92 Å². The Morgan fingerprint density at radius 2 is 1.91 bits per heavy atom. The third-order valence-corrected chi connectivity index (χ3v) is 3.50. The highest BCUT2D eigenvalue weighted by atomic mass is 16.6. The van der Waals surface area contributed by atoms with Crippen LogP contribution >= 0.6 is 0 Å². The highest BCUT2D eigenvalue weighted by Gasteiger charge is 2.47. The van der Waals surface area contributed by atoms with E-state index >= 15 is 0 Å². The van der Waals surface area contributed by atoms with Gasteiger partial charge in [-0.3, -0.25) is 4.79 Å². The average Bonchev–Trinajstić information content (AvgIpc) is 2.54. The molecule has 0 spiro atoms. The summed E-state index contributed by atoms with van der Waals surface area (Å²) < 4.78 is 10.3. The molecule has 1 heterocycles. The monoisotopic (exact) mass is 325 g/mol. The van der Waals surface area contributed by atoms with Crippen LogP contribution in [0.3, 0.4) is 0 Å². The smallest absolute Gasteiger partial charge is 0.338 e. The van der Waals surface area contributed by atoms with Crippen molar-refractivity contribution in [1.29, 1.82) is 0 Å². The SMILES string of the molecule is CC(=O)N[C@H]1[C@@H](OC(=O)c2ccccc2)[C@H](O)[C@H](CO)O[C@@H]1O. The third-order valence-electron chi connectivity index (χ3n) is 3.50. The molecule has 1 saturated heterocycles. The molecule has 23 heavy (non-hydrogen) atoms. The molecule has 1 aliphatic heterocycles. The van der Waals surface area contributed by atoms with Crippen LogP contribution in [0, 0.1) is 0 Å². The van der Waals surface area contributed by atoms with Gasteiger partial charge in [-0.05, 0) is 12.1 Å². The molecule has 0 bridgehead atoms. The molecule has 126 valence electrons. The second-order valence-electron chi connectivity index (χ2n) is 5.20. The van der Waals surface area contributed by atoms with Crippen molar-refractivity contribution < 1.29 is 34.4 Å². The normalized spacial score (nSPS) is 30.5. The van der Waals surface area contributed by atoms with Gasteiger partial charge in [-0.1, -0.05) is 18.2 Å². The van der Waals surface area contributed by atoms with E-state index in [-0.39, 0.29) is 5.56 Å². The van der Waals surface area contributed by atoms with Crippen molar-refractivity contribution in [2.24, 2.45) is 0 Å². The zero-order valence-electron chi connectivity index (χ0n) is 12.5. The van der Waals surface area contributed by atoms with Gasteiger partial charge < -0.3 is 30.1 Å². The topological polar surface area (TPSA) is 125 Å².